The highest BCUT2D eigenvalue weighted by Gasteiger charge is 2.13. The lowest BCUT2D eigenvalue weighted by molar-refractivity contribution is -0.113. The number of carbonyl (C=O) groups is 1. The van der Waals surface area contributed by atoms with Gasteiger partial charge in [-0.3, -0.25) is 4.79 Å². The summed E-state index contributed by atoms with van der Waals surface area (Å²) < 4.78 is 0.936. The van der Waals surface area contributed by atoms with Crippen LogP contribution in [-0.4, -0.2) is 16.6 Å². The van der Waals surface area contributed by atoms with Crippen molar-refractivity contribution in [2.45, 2.75) is 37.4 Å². The number of aryl methyl sites for hydroxylation is 1. The fourth-order valence-corrected chi connectivity index (χ4v) is 3.43. The molecular weight excluding hydrogens is 300 g/mol. The summed E-state index contributed by atoms with van der Waals surface area (Å²) in [5.74, 6) is 0.380. The number of rotatable bonds is 4. The number of hydrogen-bond donors (Lipinski definition) is 1. The van der Waals surface area contributed by atoms with Crippen molar-refractivity contribution in [1.29, 1.82) is 0 Å². The smallest absolute Gasteiger partial charge is 0.234 e. The van der Waals surface area contributed by atoms with Gasteiger partial charge < -0.3 is 5.32 Å². The number of hydrogen-bond acceptors (Lipinski definition) is 4. The van der Waals surface area contributed by atoms with E-state index in [0.29, 0.717) is 5.75 Å². The van der Waals surface area contributed by atoms with Crippen LogP contribution in [0.4, 0.5) is 5.69 Å². The fourth-order valence-electron chi connectivity index (χ4n) is 1.78. The highest BCUT2D eigenvalue weighted by atomic mass is 32.2. The normalized spacial score (nSPS) is 11.4. The molecule has 0 fully saturated rings. The van der Waals surface area contributed by atoms with Crippen molar-refractivity contribution < 1.29 is 4.79 Å². The van der Waals surface area contributed by atoms with Gasteiger partial charge in [0.25, 0.3) is 0 Å². The predicted octanol–water partition coefficient (Wildman–Crippen LogP) is 4.48. The quantitative estimate of drug-likeness (QED) is 0.845. The largest absolute Gasteiger partial charge is 0.325 e. The Morgan fingerprint density at radius 3 is 2.48 bits per heavy atom. The van der Waals surface area contributed by atoms with Gasteiger partial charge in [-0.2, -0.15) is 0 Å². The molecular formula is C16H20N2OS2. The molecule has 2 aromatic rings. The lowest BCUT2D eigenvalue weighted by Gasteiger charge is -2.19. The second-order valence-corrected chi connectivity index (χ2v) is 8.00. The maximum absolute atomic E-state index is 11.9. The van der Waals surface area contributed by atoms with E-state index >= 15 is 0 Å². The van der Waals surface area contributed by atoms with Crippen LogP contribution in [0.2, 0.25) is 0 Å². The summed E-state index contributed by atoms with van der Waals surface area (Å²) in [5, 5.41) is 4.91. The van der Waals surface area contributed by atoms with E-state index < -0.39 is 0 Å². The van der Waals surface area contributed by atoms with E-state index in [4.69, 9.17) is 0 Å². The first-order valence-electron chi connectivity index (χ1n) is 6.80. The Kier molecular flexibility index (Phi) is 5.06. The molecule has 2 rings (SSSR count). The number of nitrogens with one attached hydrogen (secondary N) is 1. The van der Waals surface area contributed by atoms with Gasteiger partial charge in [-0.05, 0) is 30.0 Å². The molecule has 0 atom stereocenters. The minimum absolute atomic E-state index is 0.00337. The van der Waals surface area contributed by atoms with E-state index in [1.54, 1.807) is 11.3 Å². The van der Waals surface area contributed by atoms with Crippen molar-refractivity contribution in [2.75, 3.05) is 11.1 Å². The number of carbonyl (C=O) groups excluding carboxylic acids is 1. The third kappa shape index (κ3) is 4.86. The summed E-state index contributed by atoms with van der Waals surface area (Å²) >= 11 is 3.05. The van der Waals surface area contributed by atoms with Gasteiger partial charge >= 0.3 is 0 Å². The number of thioether (sulfide) groups is 1. The van der Waals surface area contributed by atoms with Gasteiger partial charge in [0.2, 0.25) is 5.91 Å². The summed E-state index contributed by atoms with van der Waals surface area (Å²) in [6.07, 6.45) is 0. The molecule has 1 amide bonds. The number of aromatic nitrogens is 1. The molecule has 0 bridgehead atoms. The summed E-state index contributed by atoms with van der Waals surface area (Å²) in [6, 6.07) is 8.03. The zero-order valence-corrected chi connectivity index (χ0v) is 14.4. The van der Waals surface area contributed by atoms with Crippen molar-refractivity contribution in [3.8, 4) is 0 Å². The molecule has 1 N–H and O–H groups in total. The molecule has 112 valence electrons. The Hall–Kier alpha value is -1.33. The minimum atomic E-state index is -0.00337. The highest BCUT2D eigenvalue weighted by molar-refractivity contribution is 8.01. The predicted molar refractivity (Wildman–Crippen MR) is 91.3 cm³/mol. The molecule has 0 saturated carbocycles. The number of anilines is 1. The molecule has 3 nitrogen and oxygen atoms in total. The molecule has 0 unspecified atom stereocenters. The van der Waals surface area contributed by atoms with Crippen LogP contribution in [0.1, 0.15) is 32.0 Å². The molecule has 0 aliphatic heterocycles. The lowest BCUT2D eigenvalue weighted by atomic mass is 9.87. The highest BCUT2D eigenvalue weighted by Crippen LogP contribution is 2.24. The van der Waals surface area contributed by atoms with Crippen LogP contribution in [0, 0.1) is 6.92 Å². The second-order valence-electron chi connectivity index (χ2n) is 5.92. The third-order valence-electron chi connectivity index (χ3n) is 2.96. The van der Waals surface area contributed by atoms with Crippen molar-refractivity contribution in [2.24, 2.45) is 0 Å². The van der Waals surface area contributed by atoms with Crippen molar-refractivity contribution in [3.63, 3.8) is 0 Å². The van der Waals surface area contributed by atoms with Crippen LogP contribution < -0.4 is 5.32 Å². The third-order valence-corrected chi connectivity index (χ3v) is 5.10. The zero-order chi connectivity index (χ0) is 15.5. The summed E-state index contributed by atoms with van der Waals surface area (Å²) in [4.78, 5) is 16.2. The van der Waals surface area contributed by atoms with Crippen molar-refractivity contribution in [3.05, 3.63) is 40.9 Å². The maximum atomic E-state index is 11.9. The molecule has 1 heterocycles. The Labute approximate surface area is 134 Å². The van der Waals surface area contributed by atoms with E-state index in [0.717, 1.165) is 15.7 Å². The van der Waals surface area contributed by atoms with E-state index in [2.05, 4.69) is 43.2 Å². The van der Waals surface area contributed by atoms with Gasteiger partial charge in [0.05, 0.1) is 5.75 Å². The number of benzene rings is 1. The average molecular weight is 320 g/mol. The SMILES string of the molecule is Cc1csc(SCC(=O)Nc2ccc(C(C)(C)C)cc2)n1. The van der Waals surface area contributed by atoms with Gasteiger partial charge in [0.15, 0.2) is 4.34 Å². The van der Waals surface area contributed by atoms with Crippen LogP contribution >= 0.6 is 23.1 Å². The molecule has 0 saturated heterocycles. The Balaban J connectivity index is 1.88. The number of thiazole rings is 1. The van der Waals surface area contributed by atoms with Crippen LogP contribution in [-0.2, 0) is 10.2 Å². The van der Waals surface area contributed by atoms with Gasteiger partial charge in [-0.15, -0.1) is 11.3 Å². The van der Waals surface area contributed by atoms with Gasteiger partial charge in [-0.25, -0.2) is 4.98 Å². The van der Waals surface area contributed by atoms with Crippen molar-refractivity contribution in [1.82, 2.24) is 4.98 Å². The molecule has 21 heavy (non-hydrogen) atoms. The first kappa shape index (κ1) is 16.0. The van der Waals surface area contributed by atoms with E-state index in [-0.39, 0.29) is 11.3 Å². The molecule has 1 aromatic carbocycles. The lowest BCUT2D eigenvalue weighted by Crippen LogP contribution is -2.15. The van der Waals surface area contributed by atoms with Crippen LogP contribution in [0.5, 0.6) is 0 Å². The van der Waals surface area contributed by atoms with Crippen LogP contribution in [0.25, 0.3) is 0 Å². The van der Waals surface area contributed by atoms with E-state index in [9.17, 15) is 4.79 Å². The molecule has 5 heteroatoms. The topological polar surface area (TPSA) is 42.0 Å². The van der Waals surface area contributed by atoms with Crippen LogP contribution in [0.3, 0.4) is 0 Å². The Bertz CT molecular complexity index is 612. The molecule has 0 radical (unpaired) electrons. The molecule has 0 aliphatic rings. The first-order valence-corrected chi connectivity index (χ1v) is 8.66. The monoisotopic (exact) mass is 320 g/mol. The van der Waals surface area contributed by atoms with Gasteiger partial charge in [0, 0.05) is 16.8 Å². The molecule has 1 aromatic heterocycles. The zero-order valence-electron chi connectivity index (χ0n) is 12.8. The maximum Gasteiger partial charge on any atom is 0.234 e. The van der Waals surface area contributed by atoms with Gasteiger partial charge in [-0.1, -0.05) is 44.7 Å². The minimum Gasteiger partial charge on any atom is -0.325 e. The molecule has 0 aliphatic carbocycles. The standard InChI is InChI=1S/C16H20N2OS2/c1-11-9-20-15(17-11)21-10-14(19)18-13-7-5-12(6-8-13)16(2,3)4/h5-9H,10H2,1-4H3,(H,18,19). The van der Waals surface area contributed by atoms with Crippen molar-refractivity contribution >= 4 is 34.7 Å². The number of amides is 1. The van der Waals surface area contributed by atoms with Crippen LogP contribution in [0.15, 0.2) is 34.0 Å². The van der Waals surface area contributed by atoms with Gasteiger partial charge in [0.1, 0.15) is 0 Å². The fraction of sp³-hybridized carbons (Fsp3) is 0.375. The van der Waals surface area contributed by atoms with E-state index in [1.807, 2.05) is 24.4 Å². The Morgan fingerprint density at radius 1 is 1.29 bits per heavy atom. The summed E-state index contributed by atoms with van der Waals surface area (Å²) in [6.45, 7) is 8.48. The Morgan fingerprint density at radius 2 is 1.95 bits per heavy atom. The number of nitrogens with zero attached hydrogens (tertiary/aromatic N) is 1. The average Bonchev–Trinajstić information content (AvgIpc) is 2.82. The summed E-state index contributed by atoms with van der Waals surface area (Å²) in [7, 11) is 0. The first-order chi connectivity index (χ1) is 9.84. The molecule has 0 spiro atoms. The second kappa shape index (κ2) is 6.62. The summed E-state index contributed by atoms with van der Waals surface area (Å²) in [5.41, 5.74) is 3.22. The van der Waals surface area contributed by atoms with E-state index in [1.165, 1.54) is 17.3 Å².